The minimum absolute atomic E-state index is 0.0330. The van der Waals surface area contributed by atoms with Gasteiger partial charge in [-0.05, 0) is 45.0 Å². The molecule has 30 heavy (non-hydrogen) atoms. The van der Waals surface area contributed by atoms with Gasteiger partial charge in [0.2, 0.25) is 11.7 Å². The lowest BCUT2D eigenvalue weighted by Gasteiger charge is -2.19. The molecule has 0 fully saturated rings. The molecule has 2 aromatic heterocycles. The van der Waals surface area contributed by atoms with Crippen LogP contribution in [-0.2, 0) is 16.0 Å². The van der Waals surface area contributed by atoms with Crippen LogP contribution in [0.25, 0.3) is 11.5 Å². The van der Waals surface area contributed by atoms with E-state index in [2.05, 4.69) is 21.7 Å². The summed E-state index contributed by atoms with van der Waals surface area (Å²) in [7, 11) is 0. The summed E-state index contributed by atoms with van der Waals surface area (Å²) < 4.78 is 29.0. The molecule has 0 saturated carbocycles. The van der Waals surface area contributed by atoms with Gasteiger partial charge < -0.3 is 14.0 Å². The molecule has 0 amide bonds. The summed E-state index contributed by atoms with van der Waals surface area (Å²) in [5, 5.41) is 4.08. The molecule has 7 nitrogen and oxygen atoms in total. The van der Waals surface area contributed by atoms with Gasteiger partial charge in [0.15, 0.2) is 0 Å². The van der Waals surface area contributed by atoms with Crippen molar-refractivity contribution in [2.75, 3.05) is 0 Å². The molecule has 1 aromatic carbocycles. The maximum Gasteiger partial charge on any atom is 0.334 e. The Labute approximate surface area is 177 Å². The van der Waals surface area contributed by atoms with Gasteiger partial charge in [-0.15, -0.1) is 0 Å². The number of rotatable bonds is 6. The fourth-order valence-electron chi connectivity index (χ4n) is 2.31. The van der Waals surface area contributed by atoms with E-state index in [1.165, 1.54) is 36.5 Å². The first kappa shape index (κ1) is 21.4. The van der Waals surface area contributed by atoms with Gasteiger partial charge in [0, 0.05) is 11.6 Å². The minimum Gasteiger partial charge on any atom is -0.457 e. The van der Waals surface area contributed by atoms with Crippen LogP contribution in [0.5, 0.6) is 11.5 Å². The predicted molar refractivity (Wildman–Crippen MR) is 108 cm³/mol. The number of pyridine rings is 1. The molecule has 3 aromatic rings. The van der Waals surface area contributed by atoms with Crippen molar-refractivity contribution in [2.24, 2.45) is 0 Å². The number of carbonyl (C=O) groups is 1. The van der Waals surface area contributed by atoms with Crippen molar-refractivity contribution < 1.29 is 23.2 Å². The molecule has 0 spiro atoms. The molecule has 0 aliphatic carbocycles. The van der Waals surface area contributed by atoms with Gasteiger partial charge in [-0.1, -0.05) is 23.3 Å². The van der Waals surface area contributed by atoms with E-state index in [4.69, 9.17) is 25.6 Å². The van der Waals surface area contributed by atoms with Gasteiger partial charge in [-0.25, -0.2) is 14.2 Å². The van der Waals surface area contributed by atoms with E-state index in [-0.39, 0.29) is 40.2 Å². The van der Waals surface area contributed by atoms with Crippen LogP contribution in [0.2, 0.25) is 5.02 Å². The molecule has 0 aliphatic rings. The first-order valence-electron chi connectivity index (χ1n) is 8.94. The number of carbonyl (C=O) groups excluding carboxylic acids is 1. The first-order valence-corrected chi connectivity index (χ1v) is 9.31. The molecule has 0 unspecified atom stereocenters. The molecule has 0 bridgehead atoms. The number of ether oxygens (including phenoxy) is 2. The van der Waals surface area contributed by atoms with Crippen LogP contribution in [0.15, 0.2) is 53.2 Å². The number of aromatic nitrogens is 3. The van der Waals surface area contributed by atoms with Crippen molar-refractivity contribution in [1.29, 1.82) is 0 Å². The fraction of sp³-hybridized carbons (Fsp3) is 0.238. The molecule has 0 radical (unpaired) electrons. The quantitative estimate of drug-likeness (QED) is 0.393. The SMILES string of the molecule is C=C(Cc1nc(-c2ncc(Oc3ccc(F)cc3)cc2Cl)no1)C(=O)OC(C)(C)C. The normalized spacial score (nSPS) is 11.2. The minimum atomic E-state index is -0.630. The number of hydrogen-bond acceptors (Lipinski definition) is 7. The zero-order valence-corrected chi connectivity index (χ0v) is 17.4. The highest BCUT2D eigenvalue weighted by molar-refractivity contribution is 6.33. The Morgan fingerprint density at radius 1 is 1.23 bits per heavy atom. The van der Waals surface area contributed by atoms with Crippen molar-refractivity contribution in [2.45, 2.75) is 32.8 Å². The van der Waals surface area contributed by atoms with Crippen LogP contribution in [0, 0.1) is 5.82 Å². The second-order valence-corrected chi connectivity index (χ2v) is 7.76. The maximum atomic E-state index is 13.0. The summed E-state index contributed by atoms with van der Waals surface area (Å²) in [6, 6.07) is 7.07. The number of halogens is 2. The van der Waals surface area contributed by atoms with E-state index >= 15 is 0 Å². The van der Waals surface area contributed by atoms with Crippen LogP contribution < -0.4 is 4.74 Å². The molecule has 2 heterocycles. The van der Waals surface area contributed by atoms with Crippen LogP contribution in [0.4, 0.5) is 4.39 Å². The van der Waals surface area contributed by atoms with Crippen molar-refractivity contribution in [3.05, 3.63) is 65.4 Å². The second-order valence-electron chi connectivity index (χ2n) is 7.35. The molecule has 0 aliphatic heterocycles. The van der Waals surface area contributed by atoms with E-state index in [0.29, 0.717) is 11.5 Å². The average Bonchev–Trinajstić information content (AvgIpc) is 3.10. The first-order chi connectivity index (χ1) is 14.1. The lowest BCUT2D eigenvalue weighted by molar-refractivity contribution is -0.150. The standard InChI is InChI=1S/C21H19ClFN3O4/c1-12(20(27)29-21(2,3)4)9-17-25-19(26-30-17)18-16(22)10-15(11-24-18)28-14-7-5-13(23)6-8-14/h5-8,10-11H,1,9H2,2-4H3. The smallest absolute Gasteiger partial charge is 0.334 e. The third-order valence-electron chi connectivity index (χ3n) is 3.60. The topological polar surface area (TPSA) is 87.3 Å². The van der Waals surface area contributed by atoms with Gasteiger partial charge in [-0.3, -0.25) is 0 Å². The summed E-state index contributed by atoms with van der Waals surface area (Å²) in [6.45, 7) is 9.00. The Morgan fingerprint density at radius 2 is 1.93 bits per heavy atom. The van der Waals surface area contributed by atoms with E-state index in [1.54, 1.807) is 20.8 Å². The van der Waals surface area contributed by atoms with Crippen molar-refractivity contribution in [3.8, 4) is 23.0 Å². The Bertz CT molecular complexity index is 1070. The van der Waals surface area contributed by atoms with Gasteiger partial charge in [0.05, 0.1) is 17.6 Å². The number of esters is 1. The molecule has 3 rings (SSSR count). The Kier molecular flexibility index (Phi) is 6.17. The van der Waals surface area contributed by atoms with Gasteiger partial charge in [0.25, 0.3) is 0 Å². The van der Waals surface area contributed by atoms with Gasteiger partial charge >= 0.3 is 5.97 Å². The van der Waals surface area contributed by atoms with E-state index < -0.39 is 11.6 Å². The third kappa shape index (κ3) is 5.64. The number of hydrogen-bond donors (Lipinski definition) is 0. The summed E-state index contributed by atoms with van der Waals surface area (Å²) in [5.74, 6) is 0.212. The van der Waals surface area contributed by atoms with Crippen molar-refractivity contribution >= 4 is 17.6 Å². The summed E-state index contributed by atoms with van der Waals surface area (Å²) in [6.07, 6.45) is 1.46. The van der Waals surface area contributed by atoms with E-state index in [1.807, 2.05) is 0 Å². The zero-order valence-electron chi connectivity index (χ0n) is 16.6. The van der Waals surface area contributed by atoms with Crippen LogP contribution in [-0.4, -0.2) is 26.7 Å². The maximum absolute atomic E-state index is 13.0. The Morgan fingerprint density at radius 3 is 2.57 bits per heavy atom. The van der Waals surface area contributed by atoms with E-state index in [9.17, 15) is 9.18 Å². The van der Waals surface area contributed by atoms with Crippen LogP contribution >= 0.6 is 11.6 Å². The largest absolute Gasteiger partial charge is 0.457 e. The molecule has 0 N–H and O–H groups in total. The Balaban J connectivity index is 1.69. The number of nitrogens with zero attached hydrogens (tertiary/aromatic N) is 3. The second kappa shape index (κ2) is 8.62. The molecule has 156 valence electrons. The van der Waals surface area contributed by atoms with Crippen molar-refractivity contribution in [1.82, 2.24) is 15.1 Å². The van der Waals surface area contributed by atoms with Gasteiger partial charge in [0.1, 0.15) is 28.6 Å². The monoisotopic (exact) mass is 431 g/mol. The van der Waals surface area contributed by atoms with E-state index in [0.717, 1.165) is 0 Å². The van der Waals surface area contributed by atoms with Crippen LogP contribution in [0.3, 0.4) is 0 Å². The summed E-state index contributed by atoms with van der Waals surface area (Å²) in [4.78, 5) is 20.4. The van der Waals surface area contributed by atoms with Gasteiger partial charge in [-0.2, -0.15) is 4.98 Å². The lowest BCUT2D eigenvalue weighted by Crippen LogP contribution is -2.25. The summed E-state index contributed by atoms with van der Waals surface area (Å²) >= 11 is 6.28. The van der Waals surface area contributed by atoms with Crippen molar-refractivity contribution in [3.63, 3.8) is 0 Å². The molecular formula is C21H19ClFN3O4. The zero-order chi connectivity index (χ0) is 21.9. The highest BCUT2D eigenvalue weighted by Crippen LogP contribution is 2.29. The molecule has 0 saturated heterocycles. The predicted octanol–water partition coefficient (Wildman–Crippen LogP) is 5.16. The summed E-state index contributed by atoms with van der Waals surface area (Å²) in [5.41, 5.74) is -0.168. The lowest BCUT2D eigenvalue weighted by atomic mass is 10.1. The third-order valence-corrected chi connectivity index (χ3v) is 3.89. The number of benzene rings is 1. The molecule has 0 atom stereocenters. The van der Waals surface area contributed by atoms with Crippen LogP contribution in [0.1, 0.15) is 26.7 Å². The Hall–Kier alpha value is -3.26. The average molecular weight is 432 g/mol. The highest BCUT2D eigenvalue weighted by atomic mass is 35.5. The molecule has 9 heteroatoms. The highest BCUT2D eigenvalue weighted by Gasteiger charge is 2.21. The fourth-order valence-corrected chi connectivity index (χ4v) is 2.55. The molecular weight excluding hydrogens is 413 g/mol.